The molecule has 2 saturated carbocycles. The van der Waals surface area contributed by atoms with Crippen LogP contribution in [0.1, 0.15) is 46.5 Å². The van der Waals surface area contributed by atoms with Gasteiger partial charge in [0.25, 0.3) is 0 Å². The lowest BCUT2D eigenvalue weighted by Gasteiger charge is -2.28. The third kappa shape index (κ3) is 1.70. The van der Waals surface area contributed by atoms with E-state index in [9.17, 15) is 9.90 Å². The lowest BCUT2D eigenvalue weighted by Crippen LogP contribution is -2.28. The fourth-order valence-corrected chi connectivity index (χ4v) is 4.57. The van der Waals surface area contributed by atoms with Gasteiger partial charge in [-0.05, 0) is 49.9 Å². The highest BCUT2D eigenvalue weighted by Gasteiger charge is 2.66. The molecular formula is C15H24O3. The van der Waals surface area contributed by atoms with Crippen LogP contribution in [-0.4, -0.2) is 23.3 Å². The zero-order valence-corrected chi connectivity index (χ0v) is 11.6. The molecule has 3 rings (SSSR count). The van der Waals surface area contributed by atoms with Crippen molar-refractivity contribution in [2.75, 3.05) is 0 Å². The number of esters is 1. The molecule has 3 heteroatoms. The minimum atomic E-state index is -0.187. The summed E-state index contributed by atoms with van der Waals surface area (Å²) in [6, 6.07) is 0. The third-order valence-corrected chi connectivity index (χ3v) is 5.89. The van der Waals surface area contributed by atoms with E-state index >= 15 is 0 Å². The Kier molecular flexibility index (Phi) is 2.74. The zero-order chi connectivity index (χ0) is 13.1. The van der Waals surface area contributed by atoms with Crippen LogP contribution in [0.4, 0.5) is 0 Å². The number of aliphatic hydroxyl groups is 1. The summed E-state index contributed by atoms with van der Waals surface area (Å²) in [4.78, 5) is 11.6. The molecule has 2 unspecified atom stereocenters. The quantitative estimate of drug-likeness (QED) is 0.784. The van der Waals surface area contributed by atoms with Crippen molar-refractivity contribution >= 4 is 5.97 Å². The molecule has 102 valence electrons. The van der Waals surface area contributed by atoms with Gasteiger partial charge >= 0.3 is 5.97 Å². The van der Waals surface area contributed by atoms with Crippen molar-refractivity contribution in [2.24, 2.45) is 29.1 Å². The van der Waals surface area contributed by atoms with Crippen LogP contribution in [0.2, 0.25) is 0 Å². The smallest absolute Gasteiger partial charge is 0.309 e. The second kappa shape index (κ2) is 3.96. The van der Waals surface area contributed by atoms with Gasteiger partial charge in [-0.2, -0.15) is 0 Å². The Labute approximate surface area is 109 Å². The molecule has 0 aromatic heterocycles. The number of hydrogen-bond acceptors (Lipinski definition) is 3. The van der Waals surface area contributed by atoms with Gasteiger partial charge < -0.3 is 9.84 Å². The molecule has 0 aromatic carbocycles. The van der Waals surface area contributed by atoms with E-state index in [-0.39, 0.29) is 24.1 Å². The third-order valence-electron chi connectivity index (χ3n) is 5.89. The molecule has 1 saturated heterocycles. The highest BCUT2D eigenvalue weighted by molar-refractivity contribution is 5.75. The van der Waals surface area contributed by atoms with Gasteiger partial charge in [0, 0.05) is 5.92 Å². The summed E-state index contributed by atoms with van der Waals surface area (Å²) in [5.41, 5.74) is 0.375. The topological polar surface area (TPSA) is 46.5 Å². The Morgan fingerprint density at radius 1 is 1.56 bits per heavy atom. The minimum absolute atomic E-state index is 0.00966. The monoisotopic (exact) mass is 252 g/mol. The second-order valence-corrected chi connectivity index (χ2v) is 7.01. The molecule has 0 aromatic rings. The van der Waals surface area contributed by atoms with Crippen LogP contribution in [-0.2, 0) is 9.53 Å². The minimum Gasteiger partial charge on any atom is -0.462 e. The van der Waals surface area contributed by atoms with Crippen LogP contribution >= 0.6 is 0 Å². The number of fused-ring (bicyclic) bond motifs is 2. The van der Waals surface area contributed by atoms with Crippen LogP contribution in [0.5, 0.6) is 0 Å². The van der Waals surface area contributed by atoms with E-state index in [1.165, 1.54) is 0 Å². The van der Waals surface area contributed by atoms with Crippen LogP contribution < -0.4 is 0 Å². The molecule has 0 radical (unpaired) electrons. The van der Waals surface area contributed by atoms with Gasteiger partial charge in [0.1, 0.15) is 6.10 Å². The summed E-state index contributed by atoms with van der Waals surface area (Å²) in [6.45, 7) is 6.23. The normalized spacial score (nSPS) is 51.3. The van der Waals surface area contributed by atoms with Crippen LogP contribution in [0.3, 0.4) is 0 Å². The Bertz CT molecular complexity index is 365. The fourth-order valence-electron chi connectivity index (χ4n) is 4.57. The standard InChI is InChI=1S/C15H24O3/c1-8(16)4-5-11-12-6-10-9(2)14(17)18-13(10)7-15(11,12)3/h8-13,16H,4-7H2,1-3H3/t8?,9?,10-,11+,12+,13-,15-/m1/s1. The largest absolute Gasteiger partial charge is 0.462 e. The first-order valence-corrected chi connectivity index (χ1v) is 7.32. The van der Waals surface area contributed by atoms with Crippen molar-refractivity contribution in [1.29, 1.82) is 0 Å². The van der Waals surface area contributed by atoms with Crippen molar-refractivity contribution in [2.45, 2.75) is 58.7 Å². The van der Waals surface area contributed by atoms with Gasteiger partial charge in [-0.15, -0.1) is 0 Å². The molecule has 2 aliphatic carbocycles. The first-order valence-electron chi connectivity index (χ1n) is 7.32. The Morgan fingerprint density at radius 2 is 2.28 bits per heavy atom. The maximum atomic E-state index is 11.6. The number of hydrogen-bond donors (Lipinski definition) is 1. The molecule has 0 spiro atoms. The van der Waals surface area contributed by atoms with E-state index in [0.717, 1.165) is 37.5 Å². The fraction of sp³-hybridized carbons (Fsp3) is 0.933. The van der Waals surface area contributed by atoms with Gasteiger partial charge in [0.15, 0.2) is 0 Å². The van der Waals surface area contributed by atoms with E-state index in [1.54, 1.807) is 0 Å². The van der Waals surface area contributed by atoms with E-state index in [2.05, 4.69) is 6.92 Å². The maximum Gasteiger partial charge on any atom is 0.309 e. The number of carbonyl (C=O) groups excluding carboxylic acids is 1. The summed E-state index contributed by atoms with van der Waals surface area (Å²) in [6.07, 6.45) is 4.21. The summed E-state index contributed by atoms with van der Waals surface area (Å²) in [5, 5.41) is 9.42. The van der Waals surface area contributed by atoms with Gasteiger partial charge in [0.05, 0.1) is 12.0 Å². The predicted molar refractivity (Wildman–Crippen MR) is 67.8 cm³/mol. The number of ether oxygens (including phenoxy) is 1. The van der Waals surface area contributed by atoms with Gasteiger partial charge in [-0.25, -0.2) is 0 Å². The van der Waals surface area contributed by atoms with Crippen molar-refractivity contribution in [3.05, 3.63) is 0 Å². The molecule has 3 aliphatic rings. The Morgan fingerprint density at radius 3 is 2.94 bits per heavy atom. The van der Waals surface area contributed by atoms with Crippen molar-refractivity contribution < 1.29 is 14.6 Å². The van der Waals surface area contributed by atoms with E-state index in [1.807, 2.05) is 13.8 Å². The van der Waals surface area contributed by atoms with Gasteiger partial charge in [0.2, 0.25) is 0 Å². The maximum absolute atomic E-state index is 11.6. The van der Waals surface area contributed by atoms with Crippen LogP contribution in [0.15, 0.2) is 0 Å². The van der Waals surface area contributed by atoms with Crippen LogP contribution in [0, 0.1) is 29.1 Å². The number of carbonyl (C=O) groups is 1. The van der Waals surface area contributed by atoms with E-state index in [0.29, 0.717) is 11.3 Å². The van der Waals surface area contributed by atoms with Gasteiger partial charge in [-0.3, -0.25) is 4.79 Å². The highest BCUT2D eigenvalue weighted by atomic mass is 16.6. The number of rotatable bonds is 3. The van der Waals surface area contributed by atoms with Crippen molar-refractivity contribution in [1.82, 2.24) is 0 Å². The molecule has 3 fully saturated rings. The van der Waals surface area contributed by atoms with Crippen molar-refractivity contribution in [3.63, 3.8) is 0 Å². The zero-order valence-electron chi connectivity index (χ0n) is 11.6. The van der Waals surface area contributed by atoms with E-state index in [4.69, 9.17) is 4.74 Å². The Hall–Kier alpha value is -0.570. The summed E-state index contributed by atoms with van der Waals surface area (Å²) in [5.74, 6) is 2.05. The number of aliphatic hydroxyl groups excluding tert-OH is 1. The molecule has 1 heterocycles. The Balaban J connectivity index is 1.65. The predicted octanol–water partition coefficient (Wildman–Crippen LogP) is 2.37. The summed E-state index contributed by atoms with van der Waals surface area (Å²) in [7, 11) is 0. The average molecular weight is 252 g/mol. The molecular weight excluding hydrogens is 228 g/mol. The SMILES string of the molecule is CC(O)CC[C@H]1[C@@H]2C[C@@H]3C(C)C(=O)O[C@@H]3C[C@]12C. The van der Waals surface area contributed by atoms with Crippen LogP contribution in [0.25, 0.3) is 0 Å². The average Bonchev–Trinajstić information content (AvgIpc) is 2.77. The molecule has 1 aliphatic heterocycles. The highest BCUT2D eigenvalue weighted by Crippen LogP contribution is 2.70. The molecule has 3 nitrogen and oxygen atoms in total. The molecule has 0 bridgehead atoms. The van der Waals surface area contributed by atoms with Gasteiger partial charge in [-0.1, -0.05) is 13.8 Å². The molecule has 1 N–H and O–H groups in total. The lowest BCUT2D eigenvalue weighted by atomic mass is 9.77. The first-order chi connectivity index (χ1) is 8.43. The van der Waals surface area contributed by atoms with E-state index < -0.39 is 0 Å². The molecule has 7 atom stereocenters. The lowest BCUT2D eigenvalue weighted by molar-refractivity contribution is -0.144. The summed E-state index contributed by atoms with van der Waals surface area (Å²) >= 11 is 0. The molecule has 0 amide bonds. The molecule has 18 heavy (non-hydrogen) atoms. The first kappa shape index (κ1) is 12.5. The summed E-state index contributed by atoms with van der Waals surface area (Å²) < 4.78 is 5.53. The second-order valence-electron chi connectivity index (χ2n) is 7.01. The van der Waals surface area contributed by atoms with Crippen molar-refractivity contribution in [3.8, 4) is 0 Å².